The molecule has 0 bridgehead atoms. The number of para-hydroxylation sites is 1. The quantitative estimate of drug-likeness (QED) is 0.750. The number of benzene rings is 1. The summed E-state index contributed by atoms with van der Waals surface area (Å²) >= 11 is 3.22. The molecule has 0 aliphatic carbocycles. The van der Waals surface area contributed by atoms with Crippen LogP contribution in [0, 0.1) is 0 Å². The van der Waals surface area contributed by atoms with Crippen molar-refractivity contribution >= 4 is 21.9 Å². The Hall–Kier alpha value is -1.21. The van der Waals surface area contributed by atoms with E-state index in [4.69, 9.17) is 5.11 Å². The fourth-order valence-electron chi connectivity index (χ4n) is 1.64. The smallest absolute Gasteiger partial charge is 0.387 e. The van der Waals surface area contributed by atoms with Crippen LogP contribution in [0.2, 0.25) is 0 Å². The van der Waals surface area contributed by atoms with Gasteiger partial charge in [-0.3, -0.25) is 0 Å². The number of aryl methyl sites for hydroxylation is 1. The summed E-state index contributed by atoms with van der Waals surface area (Å²) in [7, 11) is 0. The Morgan fingerprint density at radius 2 is 2.11 bits per heavy atom. The number of carbonyl (C=O) groups is 1. The maximum absolute atomic E-state index is 12.4. The maximum atomic E-state index is 12.4. The van der Waals surface area contributed by atoms with Crippen LogP contribution in [0.4, 0.5) is 8.78 Å². The van der Waals surface area contributed by atoms with Gasteiger partial charge < -0.3 is 14.9 Å². The summed E-state index contributed by atoms with van der Waals surface area (Å²) < 4.78 is 29.2. The zero-order valence-electron chi connectivity index (χ0n) is 9.85. The first-order chi connectivity index (χ1) is 8.97. The summed E-state index contributed by atoms with van der Waals surface area (Å²) in [6.07, 6.45) is -0.780. The standard InChI is InChI=1S/C12H13BrF2O4/c13-6-2-4-7-3-1-5-8(9(16)11(17)18)10(7)19-12(14)15/h1,3,5,9,12,16H,2,4,6H2,(H,17,18). The lowest BCUT2D eigenvalue weighted by Crippen LogP contribution is -2.15. The number of halogens is 3. The molecule has 0 saturated heterocycles. The van der Waals surface area contributed by atoms with Gasteiger partial charge in [-0.05, 0) is 18.4 Å². The summed E-state index contributed by atoms with van der Waals surface area (Å²) in [5.41, 5.74) is 0.275. The molecule has 1 atom stereocenters. The van der Waals surface area contributed by atoms with Gasteiger partial charge in [0.05, 0.1) is 0 Å². The van der Waals surface area contributed by atoms with E-state index >= 15 is 0 Å². The second-order valence-corrected chi connectivity index (χ2v) is 4.54. The number of alkyl halides is 3. The van der Waals surface area contributed by atoms with Crippen LogP contribution in [-0.2, 0) is 11.2 Å². The Kier molecular flexibility index (Phi) is 6.17. The average molecular weight is 339 g/mol. The fraction of sp³-hybridized carbons (Fsp3) is 0.417. The molecule has 1 rings (SSSR count). The second-order valence-electron chi connectivity index (χ2n) is 3.75. The summed E-state index contributed by atoms with van der Waals surface area (Å²) in [6, 6.07) is 4.33. The maximum Gasteiger partial charge on any atom is 0.387 e. The highest BCUT2D eigenvalue weighted by Gasteiger charge is 2.24. The van der Waals surface area contributed by atoms with Crippen LogP contribution in [0.3, 0.4) is 0 Å². The lowest BCUT2D eigenvalue weighted by Gasteiger charge is -2.16. The molecule has 106 valence electrons. The number of aliphatic hydroxyl groups is 1. The van der Waals surface area contributed by atoms with Crippen molar-refractivity contribution < 1.29 is 28.5 Å². The van der Waals surface area contributed by atoms with Crippen LogP contribution in [0.1, 0.15) is 23.7 Å². The third-order valence-electron chi connectivity index (χ3n) is 2.44. The molecule has 0 radical (unpaired) electrons. The largest absolute Gasteiger partial charge is 0.479 e. The summed E-state index contributed by atoms with van der Waals surface area (Å²) in [5, 5.41) is 18.9. The van der Waals surface area contributed by atoms with Crippen LogP contribution in [0.5, 0.6) is 5.75 Å². The molecule has 2 N–H and O–H groups in total. The summed E-state index contributed by atoms with van der Waals surface area (Å²) in [5.74, 6) is -1.77. The van der Waals surface area contributed by atoms with Crippen LogP contribution < -0.4 is 4.74 Å². The molecule has 7 heteroatoms. The van der Waals surface area contributed by atoms with Crippen molar-refractivity contribution in [2.45, 2.75) is 25.6 Å². The van der Waals surface area contributed by atoms with Crippen molar-refractivity contribution in [3.8, 4) is 5.75 Å². The zero-order valence-corrected chi connectivity index (χ0v) is 11.4. The van der Waals surface area contributed by atoms with Gasteiger partial charge >= 0.3 is 12.6 Å². The molecule has 0 fully saturated rings. The van der Waals surface area contributed by atoms with E-state index in [9.17, 15) is 18.7 Å². The minimum absolute atomic E-state index is 0.167. The highest BCUT2D eigenvalue weighted by Crippen LogP contribution is 2.31. The summed E-state index contributed by atoms with van der Waals surface area (Å²) in [4.78, 5) is 10.8. The molecular weight excluding hydrogens is 326 g/mol. The minimum Gasteiger partial charge on any atom is -0.479 e. The molecule has 0 aliphatic heterocycles. The monoisotopic (exact) mass is 338 g/mol. The molecule has 0 saturated carbocycles. The van der Waals surface area contributed by atoms with E-state index in [1.165, 1.54) is 12.1 Å². The number of aliphatic carboxylic acids is 1. The van der Waals surface area contributed by atoms with E-state index in [1.807, 2.05) is 0 Å². The lowest BCUT2D eigenvalue weighted by molar-refractivity contribution is -0.147. The third-order valence-corrected chi connectivity index (χ3v) is 3.00. The molecule has 4 nitrogen and oxygen atoms in total. The van der Waals surface area contributed by atoms with Crippen LogP contribution >= 0.6 is 15.9 Å². The molecule has 19 heavy (non-hydrogen) atoms. The average Bonchev–Trinajstić information content (AvgIpc) is 2.35. The van der Waals surface area contributed by atoms with Crippen LogP contribution in [0.25, 0.3) is 0 Å². The Labute approximate surface area is 117 Å². The fourth-order valence-corrected chi connectivity index (χ4v) is 1.92. The summed E-state index contributed by atoms with van der Waals surface area (Å²) in [6.45, 7) is -3.08. The molecule has 0 spiro atoms. The molecule has 0 amide bonds. The number of hydrogen-bond donors (Lipinski definition) is 2. The number of rotatable bonds is 7. The first-order valence-corrected chi connectivity index (χ1v) is 6.63. The predicted molar refractivity (Wildman–Crippen MR) is 67.8 cm³/mol. The van der Waals surface area contributed by atoms with E-state index in [1.54, 1.807) is 6.07 Å². The number of aliphatic hydroxyl groups excluding tert-OH is 1. The van der Waals surface area contributed by atoms with Crippen LogP contribution in [0.15, 0.2) is 18.2 Å². The molecular formula is C12H13BrF2O4. The highest BCUT2D eigenvalue weighted by atomic mass is 79.9. The highest BCUT2D eigenvalue weighted by molar-refractivity contribution is 9.09. The van der Waals surface area contributed by atoms with Gasteiger partial charge in [-0.1, -0.05) is 34.1 Å². The molecule has 1 aromatic rings. The van der Waals surface area contributed by atoms with Gasteiger partial charge in [-0.25, -0.2) is 4.79 Å². The molecule has 1 unspecified atom stereocenters. The normalized spacial score (nSPS) is 12.5. The van der Waals surface area contributed by atoms with Crippen molar-refractivity contribution in [2.24, 2.45) is 0 Å². The van der Waals surface area contributed by atoms with E-state index in [0.29, 0.717) is 23.7 Å². The molecule has 0 aromatic heterocycles. The SMILES string of the molecule is O=C(O)C(O)c1cccc(CCCBr)c1OC(F)F. The number of carboxylic acid groups (broad SMARTS) is 1. The van der Waals surface area contributed by atoms with E-state index < -0.39 is 18.7 Å². The Bertz CT molecular complexity index is 440. The van der Waals surface area contributed by atoms with Crippen molar-refractivity contribution in [3.05, 3.63) is 29.3 Å². The number of carboxylic acids is 1. The zero-order chi connectivity index (χ0) is 14.4. The molecule has 1 aromatic carbocycles. The van der Waals surface area contributed by atoms with E-state index in [2.05, 4.69) is 20.7 Å². The number of hydrogen-bond acceptors (Lipinski definition) is 3. The predicted octanol–water partition coefficient (Wildman–Crippen LogP) is 2.73. The van der Waals surface area contributed by atoms with E-state index in [-0.39, 0.29) is 11.3 Å². The van der Waals surface area contributed by atoms with Crippen molar-refractivity contribution in [2.75, 3.05) is 5.33 Å². The first kappa shape index (κ1) is 15.8. The van der Waals surface area contributed by atoms with Crippen LogP contribution in [-0.4, -0.2) is 28.1 Å². The Balaban J connectivity index is 3.17. The second kappa shape index (κ2) is 7.40. The van der Waals surface area contributed by atoms with Gasteiger partial charge in [0.1, 0.15) is 5.75 Å². The van der Waals surface area contributed by atoms with Gasteiger partial charge in [0, 0.05) is 10.9 Å². The van der Waals surface area contributed by atoms with Gasteiger partial charge in [0.15, 0.2) is 6.10 Å². The Morgan fingerprint density at radius 1 is 1.42 bits per heavy atom. The van der Waals surface area contributed by atoms with E-state index in [0.717, 1.165) is 0 Å². The van der Waals surface area contributed by atoms with Gasteiger partial charge in [-0.15, -0.1) is 0 Å². The van der Waals surface area contributed by atoms with Gasteiger partial charge in [0.2, 0.25) is 0 Å². The van der Waals surface area contributed by atoms with Gasteiger partial charge in [0.25, 0.3) is 0 Å². The van der Waals surface area contributed by atoms with Gasteiger partial charge in [-0.2, -0.15) is 8.78 Å². The lowest BCUT2D eigenvalue weighted by atomic mass is 10.0. The Morgan fingerprint density at radius 3 is 2.63 bits per heavy atom. The van der Waals surface area contributed by atoms with Crippen molar-refractivity contribution in [3.63, 3.8) is 0 Å². The first-order valence-electron chi connectivity index (χ1n) is 5.50. The number of ether oxygens (including phenoxy) is 1. The van der Waals surface area contributed by atoms with Crippen molar-refractivity contribution in [1.29, 1.82) is 0 Å². The molecule has 0 heterocycles. The minimum atomic E-state index is -3.08. The third kappa shape index (κ3) is 4.43. The van der Waals surface area contributed by atoms with Crippen molar-refractivity contribution in [1.82, 2.24) is 0 Å². The molecule has 0 aliphatic rings. The topological polar surface area (TPSA) is 66.8 Å².